The number of pyridine rings is 1. The molecule has 78 valence electrons. The highest BCUT2D eigenvalue weighted by molar-refractivity contribution is 5.78. The SMILES string of the molecule is C#CCN(CC)C(=O)Cc1ccccn1. The van der Waals surface area contributed by atoms with Crippen LogP contribution in [0.5, 0.6) is 0 Å². The van der Waals surface area contributed by atoms with Gasteiger partial charge in [0.1, 0.15) is 0 Å². The second kappa shape index (κ2) is 5.82. The summed E-state index contributed by atoms with van der Waals surface area (Å²) in [5.74, 6) is 2.49. The molecule has 0 spiro atoms. The van der Waals surface area contributed by atoms with Crippen LogP contribution in [0.1, 0.15) is 12.6 Å². The fourth-order valence-corrected chi connectivity index (χ4v) is 1.26. The van der Waals surface area contributed by atoms with E-state index in [9.17, 15) is 4.79 Å². The van der Waals surface area contributed by atoms with Gasteiger partial charge in [0.05, 0.1) is 13.0 Å². The van der Waals surface area contributed by atoms with Crippen LogP contribution in [0.15, 0.2) is 24.4 Å². The van der Waals surface area contributed by atoms with E-state index in [0.717, 1.165) is 5.69 Å². The largest absolute Gasteiger partial charge is 0.332 e. The van der Waals surface area contributed by atoms with Crippen molar-refractivity contribution in [3.63, 3.8) is 0 Å². The molecule has 0 N–H and O–H groups in total. The third-order valence-corrected chi connectivity index (χ3v) is 2.08. The van der Waals surface area contributed by atoms with E-state index in [2.05, 4.69) is 10.9 Å². The van der Waals surface area contributed by atoms with Crippen molar-refractivity contribution in [3.05, 3.63) is 30.1 Å². The molecule has 0 atom stereocenters. The summed E-state index contributed by atoms with van der Waals surface area (Å²) >= 11 is 0. The number of hydrogen-bond donors (Lipinski definition) is 0. The van der Waals surface area contributed by atoms with Crippen molar-refractivity contribution in [2.45, 2.75) is 13.3 Å². The van der Waals surface area contributed by atoms with E-state index in [1.807, 2.05) is 25.1 Å². The summed E-state index contributed by atoms with van der Waals surface area (Å²) in [5, 5.41) is 0. The van der Waals surface area contributed by atoms with Gasteiger partial charge in [0.25, 0.3) is 0 Å². The molecule has 1 heterocycles. The maximum atomic E-state index is 11.7. The van der Waals surface area contributed by atoms with E-state index in [1.165, 1.54) is 0 Å². The van der Waals surface area contributed by atoms with E-state index in [4.69, 9.17) is 6.42 Å². The molecule has 1 aromatic heterocycles. The van der Waals surface area contributed by atoms with Gasteiger partial charge in [-0.1, -0.05) is 12.0 Å². The first kappa shape index (κ1) is 11.3. The molecular formula is C12H14N2O. The Hall–Kier alpha value is -1.82. The van der Waals surface area contributed by atoms with Crippen LogP contribution in [0.4, 0.5) is 0 Å². The second-order valence-corrected chi connectivity index (χ2v) is 3.11. The Morgan fingerprint density at radius 3 is 2.93 bits per heavy atom. The molecule has 0 aliphatic carbocycles. The molecule has 0 saturated heterocycles. The predicted octanol–water partition coefficient (Wildman–Crippen LogP) is 1.11. The minimum Gasteiger partial charge on any atom is -0.332 e. The fourth-order valence-electron chi connectivity index (χ4n) is 1.26. The van der Waals surface area contributed by atoms with Crippen LogP contribution < -0.4 is 0 Å². The van der Waals surface area contributed by atoms with E-state index in [1.54, 1.807) is 11.1 Å². The average molecular weight is 202 g/mol. The summed E-state index contributed by atoms with van der Waals surface area (Å²) < 4.78 is 0. The van der Waals surface area contributed by atoms with E-state index >= 15 is 0 Å². The maximum absolute atomic E-state index is 11.7. The molecule has 15 heavy (non-hydrogen) atoms. The Kier molecular flexibility index (Phi) is 4.36. The number of amides is 1. The topological polar surface area (TPSA) is 33.2 Å². The molecule has 0 radical (unpaired) electrons. The first-order chi connectivity index (χ1) is 7.27. The number of hydrogen-bond acceptors (Lipinski definition) is 2. The molecule has 1 rings (SSSR count). The van der Waals surface area contributed by atoms with Crippen LogP contribution in [-0.4, -0.2) is 28.9 Å². The molecule has 1 amide bonds. The molecular weight excluding hydrogens is 188 g/mol. The van der Waals surface area contributed by atoms with Gasteiger partial charge in [-0.25, -0.2) is 0 Å². The zero-order chi connectivity index (χ0) is 11.1. The Bertz CT molecular complexity index is 354. The van der Waals surface area contributed by atoms with Crippen LogP contribution in [0, 0.1) is 12.3 Å². The van der Waals surface area contributed by atoms with Crippen LogP contribution in [-0.2, 0) is 11.2 Å². The lowest BCUT2D eigenvalue weighted by molar-refractivity contribution is -0.129. The number of terminal acetylenes is 1. The van der Waals surface area contributed by atoms with Gasteiger partial charge in [-0.15, -0.1) is 6.42 Å². The minimum absolute atomic E-state index is 0.0224. The van der Waals surface area contributed by atoms with Gasteiger partial charge in [0.15, 0.2) is 0 Å². The summed E-state index contributed by atoms with van der Waals surface area (Å²) in [7, 11) is 0. The normalized spacial score (nSPS) is 9.33. The molecule has 0 aliphatic heterocycles. The lowest BCUT2D eigenvalue weighted by Crippen LogP contribution is -2.32. The third kappa shape index (κ3) is 3.43. The Labute approximate surface area is 90.1 Å². The summed E-state index contributed by atoms with van der Waals surface area (Å²) in [6.45, 7) is 2.91. The van der Waals surface area contributed by atoms with E-state index in [-0.39, 0.29) is 5.91 Å². The predicted molar refractivity (Wildman–Crippen MR) is 59.0 cm³/mol. The smallest absolute Gasteiger partial charge is 0.229 e. The number of nitrogens with zero attached hydrogens (tertiary/aromatic N) is 2. The fraction of sp³-hybridized carbons (Fsp3) is 0.333. The molecule has 0 aromatic carbocycles. The van der Waals surface area contributed by atoms with Gasteiger partial charge < -0.3 is 4.90 Å². The Morgan fingerprint density at radius 2 is 2.40 bits per heavy atom. The summed E-state index contributed by atoms with van der Waals surface area (Å²) in [5.41, 5.74) is 0.776. The lowest BCUT2D eigenvalue weighted by Gasteiger charge is -2.17. The van der Waals surface area contributed by atoms with Crippen molar-refractivity contribution in [2.24, 2.45) is 0 Å². The van der Waals surface area contributed by atoms with Crippen molar-refractivity contribution in [1.29, 1.82) is 0 Å². The van der Waals surface area contributed by atoms with Crippen LogP contribution in [0.25, 0.3) is 0 Å². The highest BCUT2D eigenvalue weighted by Gasteiger charge is 2.11. The Balaban J connectivity index is 2.59. The zero-order valence-corrected chi connectivity index (χ0v) is 8.81. The number of rotatable bonds is 4. The molecule has 0 unspecified atom stereocenters. The summed E-state index contributed by atoms with van der Waals surface area (Å²) in [4.78, 5) is 17.5. The molecule has 0 fully saturated rings. The lowest BCUT2D eigenvalue weighted by atomic mass is 10.2. The van der Waals surface area contributed by atoms with Crippen LogP contribution in [0.2, 0.25) is 0 Å². The molecule has 0 bridgehead atoms. The number of likely N-dealkylation sites (N-methyl/N-ethyl adjacent to an activating group) is 1. The average Bonchev–Trinajstić information content (AvgIpc) is 2.27. The van der Waals surface area contributed by atoms with Gasteiger partial charge in [0.2, 0.25) is 5.91 Å². The standard InChI is InChI=1S/C12H14N2O/c1-3-9-14(4-2)12(15)10-11-7-5-6-8-13-11/h1,5-8H,4,9-10H2,2H3. The van der Waals surface area contributed by atoms with Gasteiger partial charge in [0, 0.05) is 18.4 Å². The second-order valence-electron chi connectivity index (χ2n) is 3.11. The summed E-state index contributed by atoms with van der Waals surface area (Å²) in [6, 6.07) is 5.53. The van der Waals surface area contributed by atoms with Gasteiger partial charge in [-0.05, 0) is 19.1 Å². The Morgan fingerprint density at radius 1 is 1.60 bits per heavy atom. The molecule has 3 nitrogen and oxygen atoms in total. The van der Waals surface area contributed by atoms with Crippen molar-refractivity contribution in [3.8, 4) is 12.3 Å². The third-order valence-electron chi connectivity index (χ3n) is 2.08. The molecule has 0 aliphatic rings. The number of aromatic nitrogens is 1. The van der Waals surface area contributed by atoms with Gasteiger partial charge >= 0.3 is 0 Å². The van der Waals surface area contributed by atoms with Gasteiger partial charge in [-0.3, -0.25) is 9.78 Å². The summed E-state index contributed by atoms with van der Waals surface area (Å²) in [6.07, 6.45) is 7.17. The minimum atomic E-state index is 0.0224. The highest BCUT2D eigenvalue weighted by Crippen LogP contribution is 1.99. The van der Waals surface area contributed by atoms with Crippen molar-refractivity contribution in [2.75, 3.05) is 13.1 Å². The van der Waals surface area contributed by atoms with Gasteiger partial charge in [-0.2, -0.15) is 0 Å². The first-order valence-corrected chi connectivity index (χ1v) is 4.89. The zero-order valence-electron chi connectivity index (χ0n) is 8.81. The first-order valence-electron chi connectivity index (χ1n) is 4.89. The molecule has 1 aromatic rings. The van der Waals surface area contributed by atoms with E-state index < -0.39 is 0 Å². The number of carbonyl (C=O) groups is 1. The van der Waals surface area contributed by atoms with Crippen LogP contribution in [0.3, 0.4) is 0 Å². The number of carbonyl (C=O) groups excluding carboxylic acids is 1. The van der Waals surface area contributed by atoms with Crippen LogP contribution >= 0.6 is 0 Å². The highest BCUT2D eigenvalue weighted by atomic mass is 16.2. The van der Waals surface area contributed by atoms with Crippen molar-refractivity contribution < 1.29 is 4.79 Å². The monoisotopic (exact) mass is 202 g/mol. The quantitative estimate of drug-likeness (QED) is 0.685. The van der Waals surface area contributed by atoms with Crippen molar-refractivity contribution >= 4 is 5.91 Å². The maximum Gasteiger partial charge on any atom is 0.229 e. The molecule has 3 heteroatoms. The van der Waals surface area contributed by atoms with E-state index in [0.29, 0.717) is 19.5 Å². The molecule has 0 saturated carbocycles. The van der Waals surface area contributed by atoms with Crippen molar-refractivity contribution in [1.82, 2.24) is 9.88 Å².